The van der Waals surface area contributed by atoms with Gasteiger partial charge < -0.3 is 10.6 Å². The van der Waals surface area contributed by atoms with Gasteiger partial charge in [-0.2, -0.15) is 13.2 Å². The van der Waals surface area contributed by atoms with Crippen LogP contribution in [0.15, 0.2) is 24.3 Å². The van der Waals surface area contributed by atoms with Crippen molar-refractivity contribution >= 4 is 18.3 Å². The van der Waals surface area contributed by atoms with Gasteiger partial charge in [0.15, 0.2) is 0 Å². The number of likely N-dealkylation sites (N-methyl/N-ethyl adjacent to an activating group) is 1. The highest BCUT2D eigenvalue weighted by Gasteiger charge is 2.30. The number of rotatable bonds is 6. The van der Waals surface area contributed by atoms with Crippen LogP contribution in [-0.4, -0.2) is 25.0 Å². The van der Waals surface area contributed by atoms with E-state index in [1.54, 1.807) is 0 Å². The lowest BCUT2D eigenvalue weighted by Crippen LogP contribution is -2.39. The first-order chi connectivity index (χ1) is 9.32. The van der Waals surface area contributed by atoms with E-state index in [4.69, 9.17) is 0 Å². The van der Waals surface area contributed by atoms with Gasteiger partial charge in [-0.05, 0) is 25.1 Å². The highest BCUT2D eigenvalue weighted by atomic mass is 35.5. The average Bonchev–Trinajstić information content (AvgIpc) is 2.36. The molecule has 1 aromatic carbocycles. The summed E-state index contributed by atoms with van der Waals surface area (Å²) in [5, 5.41) is 5.82. The first kappa shape index (κ1) is 19.7. The van der Waals surface area contributed by atoms with Crippen molar-refractivity contribution in [3.05, 3.63) is 35.4 Å². The van der Waals surface area contributed by atoms with Crippen molar-refractivity contribution in [1.29, 1.82) is 0 Å². The molecule has 0 aromatic heterocycles. The van der Waals surface area contributed by atoms with E-state index < -0.39 is 11.7 Å². The lowest BCUT2D eigenvalue weighted by molar-refractivity contribution is -0.137. The number of benzene rings is 1. The van der Waals surface area contributed by atoms with Gasteiger partial charge in [0, 0.05) is 12.6 Å². The second-order valence-electron chi connectivity index (χ2n) is 4.64. The normalized spacial score (nSPS) is 12.4. The van der Waals surface area contributed by atoms with Crippen LogP contribution in [0.5, 0.6) is 0 Å². The highest BCUT2D eigenvalue weighted by Crippen LogP contribution is 2.29. The predicted octanol–water partition coefficient (Wildman–Crippen LogP) is 2.78. The molecule has 0 aliphatic carbocycles. The second kappa shape index (κ2) is 8.89. The van der Waals surface area contributed by atoms with E-state index in [1.807, 2.05) is 13.8 Å². The summed E-state index contributed by atoms with van der Waals surface area (Å²) in [6.45, 7) is 5.13. The molecule has 0 spiro atoms. The Morgan fingerprint density at radius 2 is 2.00 bits per heavy atom. The third-order valence-electron chi connectivity index (χ3n) is 2.78. The number of halogens is 4. The number of hydrogen-bond acceptors (Lipinski definition) is 2. The van der Waals surface area contributed by atoms with Gasteiger partial charge in [-0.25, -0.2) is 0 Å². The number of hydrogen-bond donors (Lipinski definition) is 2. The van der Waals surface area contributed by atoms with E-state index in [1.165, 1.54) is 12.1 Å². The summed E-state index contributed by atoms with van der Waals surface area (Å²) >= 11 is 0. The molecule has 0 saturated heterocycles. The maximum absolute atomic E-state index is 12.5. The summed E-state index contributed by atoms with van der Waals surface area (Å²) in [5.41, 5.74) is -0.378. The minimum Gasteiger partial charge on any atom is -0.354 e. The molecular weight excluding hydrogens is 305 g/mol. The molecule has 0 unspecified atom stereocenters. The number of carbonyl (C=O) groups excluding carboxylic acids is 1. The molecule has 1 amide bonds. The van der Waals surface area contributed by atoms with Crippen molar-refractivity contribution < 1.29 is 18.0 Å². The van der Waals surface area contributed by atoms with Gasteiger partial charge in [-0.1, -0.05) is 25.1 Å². The second-order valence-corrected chi connectivity index (χ2v) is 4.64. The number of alkyl halides is 3. The third-order valence-corrected chi connectivity index (χ3v) is 2.78. The molecule has 1 rings (SSSR count). The van der Waals surface area contributed by atoms with Crippen LogP contribution in [0.4, 0.5) is 13.2 Å². The topological polar surface area (TPSA) is 41.1 Å². The molecule has 0 radical (unpaired) electrons. The largest absolute Gasteiger partial charge is 0.416 e. The lowest BCUT2D eigenvalue weighted by atomic mass is 10.1. The van der Waals surface area contributed by atoms with E-state index in [9.17, 15) is 18.0 Å². The summed E-state index contributed by atoms with van der Waals surface area (Å²) in [6, 6.07) is 4.96. The van der Waals surface area contributed by atoms with E-state index in [2.05, 4.69) is 10.6 Å². The molecule has 0 saturated carbocycles. The van der Waals surface area contributed by atoms with Crippen LogP contribution < -0.4 is 10.6 Å². The van der Waals surface area contributed by atoms with Crippen LogP contribution in [0.25, 0.3) is 0 Å². The van der Waals surface area contributed by atoms with Gasteiger partial charge in [0.2, 0.25) is 5.91 Å². The standard InChI is InChI=1S/C14H19F3N2O.ClH/c1-3-18-10(2)9-19-13(20)8-11-5-4-6-12(7-11)14(15,16)17;/h4-7,10,18H,3,8-9H2,1-2H3,(H,19,20);1H/t10-;/m1./s1. The fourth-order valence-corrected chi connectivity index (χ4v) is 1.79. The molecular formula is C14H20ClF3N2O. The minimum absolute atomic E-state index is 0. The monoisotopic (exact) mass is 324 g/mol. The molecule has 1 atom stereocenters. The highest BCUT2D eigenvalue weighted by molar-refractivity contribution is 5.85. The van der Waals surface area contributed by atoms with Crippen LogP contribution in [0.2, 0.25) is 0 Å². The predicted molar refractivity (Wildman–Crippen MR) is 78.5 cm³/mol. The van der Waals surface area contributed by atoms with Crippen molar-refractivity contribution in [2.75, 3.05) is 13.1 Å². The Kier molecular flexibility index (Phi) is 8.36. The smallest absolute Gasteiger partial charge is 0.354 e. The van der Waals surface area contributed by atoms with Gasteiger partial charge in [-0.15, -0.1) is 12.4 Å². The molecule has 1 aromatic rings. The molecule has 0 bridgehead atoms. The van der Waals surface area contributed by atoms with Crippen molar-refractivity contribution in [1.82, 2.24) is 10.6 Å². The van der Waals surface area contributed by atoms with Crippen LogP contribution in [-0.2, 0) is 17.4 Å². The first-order valence-electron chi connectivity index (χ1n) is 6.49. The van der Waals surface area contributed by atoms with Crippen molar-refractivity contribution in [3.8, 4) is 0 Å². The Hall–Kier alpha value is -1.27. The zero-order valence-corrected chi connectivity index (χ0v) is 12.8. The first-order valence-corrected chi connectivity index (χ1v) is 6.49. The third kappa shape index (κ3) is 7.34. The van der Waals surface area contributed by atoms with E-state index in [0.717, 1.165) is 18.7 Å². The Labute approximate surface area is 128 Å². The molecule has 0 aliphatic rings. The van der Waals surface area contributed by atoms with Crippen molar-refractivity contribution in [3.63, 3.8) is 0 Å². The molecule has 120 valence electrons. The van der Waals surface area contributed by atoms with Crippen LogP contribution in [0.3, 0.4) is 0 Å². The molecule has 0 fully saturated rings. The minimum atomic E-state index is -4.38. The zero-order chi connectivity index (χ0) is 15.2. The number of nitrogens with one attached hydrogen (secondary N) is 2. The molecule has 0 aliphatic heterocycles. The zero-order valence-electron chi connectivity index (χ0n) is 12.0. The molecule has 2 N–H and O–H groups in total. The van der Waals surface area contributed by atoms with E-state index >= 15 is 0 Å². The maximum atomic E-state index is 12.5. The van der Waals surface area contributed by atoms with Gasteiger partial charge in [-0.3, -0.25) is 4.79 Å². The summed E-state index contributed by atoms with van der Waals surface area (Å²) in [6.07, 6.45) is -4.44. The Morgan fingerprint density at radius 1 is 1.33 bits per heavy atom. The Bertz CT molecular complexity index is 452. The van der Waals surface area contributed by atoms with Crippen LogP contribution in [0, 0.1) is 0 Å². The lowest BCUT2D eigenvalue weighted by Gasteiger charge is -2.13. The summed E-state index contributed by atoms with van der Waals surface area (Å²) in [5.74, 6) is -0.283. The Morgan fingerprint density at radius 3 is 2.57 bits per heavy atom. The van der Waals surface area contributed by atoms with Gasteiger partial charge in [0.05, 0.1) is 12.0 Å². The summed E-state index contributed by atoms with van der Waals surface area (Å²) < 4.78 is 37.6. The molecule has 21 heavy (non-hydrogen) atoms. The fourth-order valence-electron chi connectivity index (χ4n) is 1.79. The van der Waals surface area contributed by atoms with Gasteiger partial charge in [0.1, 0.15) is 0 Å². The average molecular weight is 325 g/mol. The number of amides is 1. The quantitative estimate of drug-likeness (QED) is 0.845. The fraction of sp³-hybridized carbons (Fsp3) is 0.500. The van der Waals surface area contributed by atoms with Gasteiger partial charge in [0.25, 0.3) is 0 Å². The van der Waals surface area contributed by atoms with Crippen molar-refractivity contribution in [2.45, 2.75) is 32.5 Å². The van der Waals surface area contributed by atoms with Gasteiger partial charge >= 0.3 is 6.18 Å². The van der Waals surface area contributed by atoms with Crippen LogP contribution in [0.1, 0.15) is 25.0 Å². The SMILES string of the molecule is CCN[C@H](C)CNC(=O)Cc1cccc(C(F)(F)F)c1.Cl. The maximum Gasteiger partial charge on any atom is 0.416 e. The van der Waals surface area contributed by atoms with E-state index in [0.29, 0.717) is 12.1 Å². The Balaban J connectivity index is 0.00000400. The molecule has 7 heteroatoms. The summed E-state index contributed by atoms with van der Waals surface area (Å²) in [7, 11) is 0. The summed E-state index contributed by atoms with van der Waals surface area (Å²) in [4.78, 5) is 11.7. The van der Waals surface area contributed by atoms with E-state index in [-0.39, 0.29) is 30.8 Å². The molecule has 0 heterocycles. The number of carbonyl (C=O) groups is 1. The van der Waals surface area contributed by atoms with Crippen LogP contribution >= 0.6 is 12.4 Å². The molecule has 3 nitrogen and oxygen atoms in total. The van der Waals surface area contributed by atoms with Crippen molar-refractivity contribution in [2.24, 2.45) is 0 Å².